The van der Waals surface area contributed by atoms with Crippen LogP contribution in [0.15, 0.2) is 67.3 Å². The summed E-state index contributed by atoms with van der Waals surface area (Å²) in [7, 11) is 0. The normalized spacial score (nSPS) is 13.0. The van der Waals surface area contributed by atoms with Crippen LogP contribution in [-0.2, 0) is 23.2 Å². The van der Waals surface area contributed by atoms with Crippen molar-refractivity contribution in [2.75, 3.05) is 6.54 Å². The van der Waals surface area contributed by atoms with Crippen LogP contribution >= 0.6 is 0 Å². The molecule has 0 aliphatic carbocycles. The Morgan fingerprint density at radius 2 is 1.41 bits per heavy atom. The summed E-state index contributed by atoms with van der Waals surface area (Å²) in [5, 5.41) is 3.51. The van der Waals surface area contributed by atoms with Crippen LogP contribution in [0.25, 0.3) is 0 Å². The molecule has 2 aromatic heterocycles. The van der Waals surface area contributed by atoms with E-state index in [2.05, 4.69) is 33.5 Å². The number of nitrogens with one attached hydrogen (secondary N) is 1. The molecule has 0 saturated carbocycles. The molecule has 3 N–H and O–H groups in total. The predicted octanol–water partition coefficient (Wildman–Crippen LogP) is 3.24. The van der Waals surface area contributed by atoms with Crippen molar-refractivity contribution in [3.05, 3.63) is 95.1 Å². The van der Waals surface area contributed by atoms with E-state index in [4.69, 9.17) is 5.73 Å². The molecule has 3 aromatic rings. The standard InChI is InChI=1S/C24H28N4O/c1-18-15-19(2)17-22(16-18)24(23(25)29,9-3-20-4-10-26-11-5-20)28-14-8-21-6-12-27-13-7-21/h4-7,10-13,15-17,28H,3,8-9,14H2,1-2H3,(H2,25,29). The smallest absolute Gasteiger partial charge is 0.242 e. The maximum absolute atomic E-state index is 12.8. The molecule has 2 heterocycles. The summed E-state index contributed by atoms with van der Waals surface area (Å²) in [6.07, 6.45) is 9.20. The lowest BCUT2D eigenvalue weighted by Gasteiger charge is -2.33. The maximum Gasteiger partial charge on any atom is 0.242 e. The molecule has 5 nitrogen and oxygen atoms in total. The van der Waals surface area contributed by atoms with E-state index in [9.17, 15) is 4.79 Å². The molecule has 150 valence electrons. The molecule has 5 heteroatoms. The number of pyridine rings is 2. The third-order valence-corrected chi connectivity index (χ3v) is 5.26. The monoisotopic (exact) mass is 388 g/mol. The van der Waals surface area contributed by atoms with Crippen LogP contribution in [0.3, 0.4) is 0 Å². The molecule has 0 fully saturated rings. The number of aryl methyl sites for hydroxylation is 3. The van der Waals surface area contributed by atoms with E-state index in [1.807, 2.05) is 38.1 Å². The highest BCUT2D eigenvalue weighted by Gasteiger charge is 2.38. The fourth-order valence-electron chi connectivity index (χ4n) is 3.76. The van der Waals surface area contributed by atoms with Gasteiger partial charge in [-0.05, 0) is 74.1 Å². The van der Waals surface area contributed by atoms with Gasteiger partial charge in [-0.15, -0.1) is 0 Å². The molecular weight excluding hydrogens is 360 g/mol. The van der Waals surface area contributed by atoms with Crippen molar-refractivity contribution in [1.82, 2.24) is 15.3 Å². The molecule has 0 aliphatic heterocycles. The summed E-state index contributed by atoms with van der Waals surface area (Å²) in [6.45, 7) is 4.72. The summed E-state index contributed by atoms with van der Waals surface area (Å²) in [6, 6.07) is 14.2. The second kappa shape index (κ2) is 9.43. The highest BCUT2D eigenvalue weighted by atomic mass is 16.1. The summed E-state index contributed by atoms with van der Waals surface area (Å²) in [5.74, 6) is -0.355. The number of benzene rings is 1. The first-order valence-corrected chi connectivity index (χ1v) is 9.91. The Balaban J connectivity index is 1.89. The molecule has 1 amide bonds. The number of hydrogen-bond acceptors (Lipinski definition) is 4. The largest absolute Gasteiger partial charge is 0.368 e. The van der Waals surface area contributed by atoms with Gasteiger partial charge < -0.3 is 5.73 Å². The van der Waals surface area contributed by atoms with Crippen LogP contribution in [0.4, 0.5) is 0 Å². The molecule has 0 saturated heterocycles. The zero-order valence-corrected chi connectivity index (χ0v) is 17.1. The van der Waals surface area contributed by atoms with Gasteiger partial charge in [-0.25, -0.2) is 0 Å². The lowest BCUT2D eigenvalue weighted by molar-refractivity contribution is -0.125. The van der Waals surface area contributed by atoms with E-state index >= 15 is 0 Å². The second-order valence-electron chi connectivity index (χ2n) is 7.53. The Kier molecular flexibility index (Phi) is 6.73. The predicted molar refractivity (Wildman–Crippen MR) is 115 cm³/mol. The fourth-order valence-corrected chi connectivity index (χ4v) is 3.76. The molecule has 29 heavy (non-hydrogen) atoms. The van der Waals surface area contributed by atoms with Gasteiger partial charge in [0.2, 0.25) is 5.91 Å². The molecule has 0 radical (unpaired) electrons. The Morgan fingerprint density at radius 1 is 0.897 bits per heavy atom. The SMILES string of the molecule is Cc1cc(C)cc(C(CCc2ccncc2)(NCCc2ccncc2)C(N)=O)c1. The van der Waals surface area contributed by atoms with Gasteiger partial charge in [0.15, 0.2) is 0 Å². The van der Waals surface area contributed by atoms with Gasteiger partial charge in [-0.1, -0.05) is 29.3 Å². The van der Waals surface area contributed by atoms with Gasteiger partial charge in [0.25, 0.3) is 0 Å². The van der Waals surface area contributed by atoms with E-state index in [1.54, 1.807) is 24.8 Å². The number of carbonyl (C=O) groups is 1. The number of carbonyl (C=O) groups excluding carboxylic acids is 1. The van der Waals surface area contributed by atoms with Crippen LogP contribution in [0, 0.1) is 13.8 Å². The summed E-state index contributed by atoms with van der Waals surface area (Å²) >= 11 is 0. The van der Waals surface area contributed by atoms with Gasteiger partial charge in [-0.3, -0.25) is 20.1 Å². The Labute approximate surface area is 172 Å². The Morgan fingerprint density at radius 3 is 1.93 bits per heavy atom. The van der Waals surface area contributed by atoms with E-state index in [0.717, 1.165) is 35.1 Å². The minimum absolute atomic E-state index is 0.355. The van der Waals surface area contributed by atoms with Crippen molar-refractivity contribution in [3.63, 3.8) is 0 Å². The van der Waals surface area contributed by atoms with Crippen molar-refractivity contribution >= 4 is 5.91 Å². The molecule has 0 aliphatic rings. The lowest BCUT2D eigenvalue weighted by atomic mass is 9.82. The highest BCUT2D eigenvalue weighted by molar-refractivity contribution is 5.86. The molecule has 1 atom stereocenters. The minimum atomic E-state index is -0.937. The van der Waals surface area contributed by atoms with Crippen molar-refractivity contribution < 1.29 is 4.79 Å². The summed E-state index contributed by atoms with van der Waals surface area (Å²) in [4.78, 5) is 21.0. The van der Waals surface area contributed by atoms with E-state index in [-0.39, 0.29) is 5.91 Å². The van der Waals surface area contributed by atoms with Crippen molar-refractivity contribution in [3.8, 4) is 0 Å². The van der Waals surface area contributed by atoms with E-state index < -0.39 is 5.54 Å². The zero-order valence-electron chi connectivity index (χ0n) is 17.1. The average molecular weight is 389 g/mol. The highest BCUT2D eigenvalue weighted by Crippen LogP contribution is 2.29. The number of nitrogens with zero attached hydrogens (tertiary/aromatic N) is 2. The first-order valence-electron chi connectivity index (χ1n) is 9.91. The van der Waals surface area contributed by atoms with Gasteiger partial charge >= 0.3 is 0 Å². The van der Waals surface area contributed by atoms with Crippen LogP contribution in [0.2, 0.25) is 0 Å². The Hall–Kier alpha value is -3.05. The first kappa shape index (κ1) is 20.7. The summed E-state index contributed by atoms with van der Waals surface area (Å²) < 4.78 is 0. The van der Waals surface area contributed by atoms with E-state index in [0.29, 0.717) is 13.0 Å². The van der Waals surface area contributed by atoms with Crippen LogP contribution < -0.4 is 11.1 Å². The van der Waals surface area contributed by atoms with Gasteiger partial charge in [0, 0.05) is 31.3 Å². The van der Waals surface area contributed by atoms with Gasteiger partial charge in [-0.2, -0.15) is 0 Å². The molecule has 0 spiro atoms. The fraction of sp³-hybridized carbons (Fsp3) is 0.292. The Bertz CT molecular complexity index is 923. The number of amides is 1. The molecular formula is C24H28N4O. The van der Waals surface area contributed by atoms with Crippen molar-refractivity contribution in [2.45, 2.75) is 38.6 Å². The topological polar surface area (TPSA) is 80.9 Å². The first-order chi connectivity index (χ1) is 14.0. The van der Waals surface area contributed by atoms with Crippen LogP contribution in [0.5, 0.6) is 0 Å². The quantitative estimate of drug-likeness (QED) is 0.590. The molecule has 0 bridgehead atoms. The van der Waals surface area contributed by atoms with Crippen LogP contribution in [0.1, 0.15) is 34.2 Å². The number of nitrogens with two attached hydrogens (primary N) is 1. The van der Waals surface area contributed by atoms with Crippen molar-refractivity contribution in [1.29, 1.82) is 0 Å². The zero-order chi connectivity index (χ0) is 20.7. The van der Waals surface area contributed by atoms with Gasteiger partial charge in [0.1, 0.15) is 5.54 Å². The number of rotatable bonds is 9. The second-order valence-corrected chi connectivity index (χ2v) is 7.53. The number of aromatic nitrogens is 2. The summed E-state index contributed by atoms with van der Waals surface area (Å²) in [5.41, 5.74) is 10.5. The molecule has 3 rings (SSSR count). The van der Waals surface area contributed by atoms with Crippen LogP contribution in [-0.4, -0.2) is 22.4 Å². The third-order valence-electron chi connectivity index (χ3n) is 5.26. The number of primary amides is 1. The number of hydrogen-bond donors (Lipinski definition) is 2. The minimum Gasteiger partial charge on any atom is -0.368 e. The third kappa shape index (κ3) is 5.27. The van der Waals surface area contributed by atoms with E-state index in [1.165, 1.54) is 5.56 Å². The lowest BCUT2D eigenvalue weighted by Crippen LogP contribution is -2.53. The average Bonchev–Trinajstić information content (AvgIpc) is 2.71. The maximum atomic E-state index is 12.8. The van der Waals surface area contributed by atoms with Crippen molar-refractivity contribution in [2.24, 2.45) is 5.73 Å². The molecule has 1 unspecified atom stereocenters. The van der Waals surface area contributed by atoms with Gasteiger partial charge in [0.05, 0.1) is 0 Å². The molecule has 1 aromatic carbocycles.